The number of sulfonamides is 1. The highest BCUT2D eigenvalue weighted by atomic mass is 35.5. The highest BCUT2D eigenvalue weighted by Gasteiger charge is 2.19. The number of halogens is 1. The first kappa shape index (κ1) is 15.4. The second kappa shape index (κ2) is 5.13. The maximum Gasteiger partial charge on any atom is 0.243 e. The van der Waals surface area contributed by atoms with Crippen molar-refractivity contribution in [3.63, 3.8) is 0 Å². The summed E-state index contributed by atoms with van der Waals surface area (Å²) >= 11 is 0. The number of nitrogens with two attached hydrogens (primary N) is 1. The molecule has 0 aliphatic carbocycles. The van der Waals surface area contributed by atoms with Gasteiger partial charge in [0.2, 0.25) is 10.0 Å². The number of nitrogens with zero attached hydrogens (tertiary/aromatic N) is 2. The fraction of sp³-hybridized carbons (Fsp3) is 0.625. The molecule has 0 fully saturated rings. The third kappa shape index (κ3) is 4.48. The van der Waals surface area contributed by atoms with Crippen molar-refractivity contribution in [2.75, 3.05) is 6.54 Å². The van der Waals surface area contributed by atoms with Gasteiger partial charge in [0.1, 0.15) is 4.90 Å². The maximum absolute atomic E-state index is 11.7. The molecule has 0 aromatic carbocycles. The monoisotopic (exact) mass is 268 g/mol. The highest BCUT2D eigenvalue weighted by molar-refractivity contribution is 7.89. The zero-order chi connectivity index (χ0) is 11.7. The van der Waals surface area contributed by atoms with Crippen molar-refractivity contribution in [2.24, 2.45) is 12.8 Å². The first-order valence-electron chi connectivity index (χ1n) is 4.48. The number of nitrogens with one attached hydrogen (secondary N) is 1. The van der Waals surface area contributed by atoms with E-state index in [0.717, 1.165) is 0 Å². The van der Waals surface area contributed by atoms with Crippen LogP contribution in [0, 0.1) is 0 Å². The van der Waals surface area contributed by atoms with E-state index in [0.29, 0.717) is 0 Å². The molecule has 8 heteroatoms. The van der Waals surface area contributed by atoms with Gasteiger partial charge in [-0.25, -0.2) is 13.1 Å². The van der Waals surface area contributed by atoms with Gasteiger partial charge < -0.3 is 5.73 Å². The molecule has 94 valence electrons. The summed E-state index contributed by atoms with van der Waals surface area (Å²) in [6.45, 7) is 3.68. The van der Waals surface area contributed by atoms with Crippen LogP contribution in [0.15, 0.2) is 17.3 Å². The van der Waals surface area contributed by atoms with Gasteiger partial charge in [0, 0.05) is 25.3 Å². The van der Waals surface area contributed by atoms with Crippen molar-refractivity contribution in [2.45, 2.75) is 24.3 Å². The Morgan fingerprint density at radius 1 is 1.56 bits per heavy atom. The fourth-order valence-corrected chi connectivity index (χ4v) is 2.11. The molecule has 0 saturated heterocycles. The predicted molar refractivity (Wildman–Crippen MR) is 63.9 cm³/mol. The Kier molecular flexibility index (Phi) is 4.93. The molecule has 1 heterocycles. The normalized spacial score (nSPS) is 12.2. The molecule has 0 amide bonds. The summed E-state index contributed by atoms with van der Waals surface area (Å²) in [6.07, 6.45) is 2.73. The zero-order valence-corrected chi connectivity index (χ0v) is 11.1. The number of hydrogen-bond donors (Lipinski definition) is 2. The largest absolute Gasteiger partial charge is 0.324 e. The minimum atomic E-state index is -3.49. The molecule has 16 heavy (non-hydrogen) atoms. The predicted octanol–water partition coefficient (Wildman–Crippen LogP) is -0.142. The van der Waals surface area contributed by atoms with Crippen molar-refractivity contribution >= 4 is 22.4 Å². The Bertz CT molecular complexity index is 435. The van der Waals surface area contributed by atoms with Crippen LogP contribution in [0.4, 0.5) is 0 Å². The topological polar surface area (TPSA) is 90.0 Å². The molecule has 0 radical (unpaired) electrons. The van der Waals surface area contributed by atoms with Crippen LogP contribution in [0.25, 0.3) is 0 Å². The number of hydrogen-bond acceptors (Lipinski definition) is 4. The van der Waals surface area contributed by atoms with Crippen LogP contribution >= 0.6 is 12.4 Å². The Labute approximate surface area is 102 Å². The second-order valence-corrected chi connectivity index (χ2v) is 5.93. The van der Waals surface area contributed by atoms with Gasteiger partial charge in [-0.3, -0.25) is 4.68 Å². The molecule has 6 nitrogen and oxygen atoms in total. The van der Waals surface area contributed by atoms with Crippen molar-refractivity contribution in [3.8, 4) is 0 Å². The summed E-state index contributed by atoms with van der Waals surface area (Å²) in [5.41, 5.74) is 5.10. The van der Waals surface area contributed by atoms with E-state index in [2.05, 4.69) is 9.82 Å². The Hall–Kier alpha value is -0.630. The Balaban J connectivity index is 0.00000225. The molecule has 0 bridgehead atoms. The van der Waals surface area contributed by atoms with Crippen molar-refractivity contribution in [1.29, 1.82) is 0 Å². The molecule has 0 atom stereocenters. The minimum Gasteiger partial charge on any atom is -0.324 e. The summed E-state index contributed by atoms with van der Waals surface area (Å²) in [5, 5.41) is 3.79. The fourth-order valence-electron chi connectivity index (χ4n) is 0.902. The number of aromatic nitrogens is 2. The minimum absolute atomic E-state index is 0. The van der Waals surface area contributed by atoms with E-state index in [1.54, 1.807) is 20.9 Å². The van der Waals surface area contributed by atoms with Gasteiger partial charge >= 0.3 is 0 Å². The molecular weight excluding hydrogens is 252 g/mol. The summed E-state index contributed by atoms with van der Waals surface area (Å²) in [7, 11) is -1.83. The summed E-state index contributed by atoms with van der Waals surface area (Å²) in [4.78, 5) is 0.147. The van der Waals surface area contributed by atoms with E-state index in [1.165, 1.54) is 17.1 Å². The lowest BCUT2D eigenvalue weighted by Gasteiger charge is -2.18. The van der Waals surface area contributed by atoms with Gasteiger partial charge in [0.15, 0.2) is 0 Å². The smallest absolute Gasteiger partial charge is 0.243 e. The quantitative estimate of drug-likeness (QED) is 0.795. The standard InChI is InChI=1S/C8H16N4O2S.ClH/c1-8(2,9)6-11-15(13,14)7-4-10-12(3)5-7;/h4-5,11H,6,9H2,1-3H3;1H. The van der Waals surface area contributed by atoms with E-state index in [4.69, 9.17) is 5.73 Å². The summed E-state index contributed by atoms with van der Waals surface area (Å²) in [6, 6.07) is 0. The van der Waals surface area contributed by atoms with Crippen LogP contribution < -0.4 is 10.5 Å². The van der Waals surface area contributed by atoms with Crippen molar-refractivity contribution in [3.05, 3.63) is 12.4 Å². The third-order valence-electron chi connectivity index (χ3n) is 1.71. The van der Waals surface area contributed by atoms with Crippen LogP contribution in [0.3, 0.4) is 0 Å². The van der Waals surface area contributed by atoms with E-state index in [9.17, 15) is 8.42 Å². The second-order valence-electron chi connectivity index (χ2n) is 4.16. The van der Waals surface area contributed by atoms with Gasteiger partial charge in [-0.2, -0.15) is 5.10 Å². The van der Waals surface area contributed by atoms with Crippen LogP contribution in [-0.4, -0.2) is 30.3 Å². The molecule has 0 spiro atoms. The first-order chi connectivity index (χ1) is 6.71. The molecule has 0 aliphatic rings. The van der Waals surface area contributed by atoms with Crippen molar-refractivity contribution < 1.29 is 8.42 Å². The van der Waals surface area contributed by atoms with Crippen LogP contribution in [0.5, 0.6) is 0 Å². The van der Waals surface area contributed by atoms with E-state index < -0.39 is 15.6 Å². The molecule has 1 rings (SSSR count). The SMILES string of the molecule is Cl.Cn1cc(S(=O)(=O)NCC(C)(C)N)cn1. The number of rotatable bonds is 4. The van der Waals surface area contributed by atoms with Crippen LogP contribution in [-0.2, 0) is 17.1 Å². The Morgan fingerprint density at radius 3 is 2.50 bits per heavy atom. The van der Waals surface area contributed by atoms with Crippen LogP contribution in [0.1, 0.15) is 13.8 Å². The Morgan fingerprint density at radius 2 is 2.12 bits per heavy atom. The molecular formula is C8H17ClN4O2S. The van der Waals surface area contributed by atoms with Gasteiger partial charge in [-0.15, -0.1) is 12.4 Å². The van der Waals surface area contributed by atoms with E-state index in [1.807, 2.05) is 0 Å². The highest BCUT2D eigenvalue weighted by Crippen LogP contribution is 2.06. The molecule has 1 aromatic heterocycles. The van der Waals surface area contributed by atoms with Crippen molar-refractivity contribution in [1.82, 2.24) is 14.5 Å². The van der Waals surface area contributed by atoms with E-state index in [-0.39, 0.29) is 23.8 Å². The average molecular weight is 269 g/mol. The lowest BCUT2D eigenvalue weighted by molar-refractivity contribution is 0.498. The van der Waals surface area contributed by atoms with Crippen LogP contribution in [0.2, 0.25) is 0 Å². The van der Waals surface area contributed by atoms with E-state index >= 15 is 0 Å². The van der Waals surface area contributed by atoms with Gasteiger partial charge in [0.25, 0.3) is 0 Å². The van der Waals surface area contributed by atoms with Gasteiger partial charge in [-0.05, 0) is 13.8 Å². The zero-order valence-electron chi connectivity index (χ0n) is 9.47. The summed E-state index contributed by atoms with van der Waals surface area (Å²) < 4.78 is 27.2. The molecule has 0 saturated carbocycles. The first-order valence-corrected chi connectivity index (χ1v) is 5.96. The average Bonchev–Trinajstić information content (AvgIpc) is 2.48. The maximum atomic E-state index is 11.7. The summed E-state index contributed by atoms with van der Waals surface area (Å²) in [5.74, 6) is 0. The lowest BCUT2D eigenvalue weighted by Crippen LogP contribution is -2.44. The van der Waals surface area contributed by atoms with Gasteiger partial charge in [-0.1, -0.05) is 0 Å². The number of aryl methyl sites for hydroxylation is 1. The molecule has 0 unspecified atom stereocenters. The third-order valence-corrected chi connectivity index (χ3v) is 3.07. The molecule has 0 aliphatic heterocycles. The lowest BCUT2D eigenvalue weighted by atomic mass is 10.1. The molecule has 1 aromatic rings. The molecule has 3 N–H and O–H groups in total. The van der Waals surface area contributed by atoms with Gasteiger partial charge in [0.05, 0.1) is 6.20 Å².